The molecule has 1 heterocycles. The summed E-state index contributed by atoms with van der Waals surface area (Å²) in [6.07, 6.45) is 4.97. The summed E-state index contributed by atoms with van der Waals surface area (Å²) in [6, 6.07) is 0. The number of ether oxygens (including phenoxy) is 1. The summed E-state index contributed by atoms with van der Waals surface area (Å²) in [6.45, 7) is 6.74. The van der Waals surface area contributed by atoms with Crippen LogP contribution in [0, 0.1) is 34.0 Å². The number of fused-ring (bicyclic) bond motifs is 2. The van der Waals surface area contributed by atoms with Crippen LogP contribution < -0.4 is 0 Å². The van der Waals surface area contributed by atoms with Gasteiger partial charge in [0.2, 0.25) is 0 Å². The lowest BCUT2D eigenvalue weighted by atomic mass is 9.35. The number of cyclic esters (lactones) is 1. The molecule has 7 atom stereocenters. The van der Waals surface area contributed by atoms with Crippen molar-refractivity contribution in [1.82, 2.24) is 0 Å². The Hall–Kier alpha value is -1.16. The van der Waals surface area contributed by atoms with Crippen LogP contribution in [-0.4, -0.2) is 29.6 Å². The SMILES string of the molecule is C=C1[C@H]2CC[C@@]3(C(=O)CC4C5(CCC[C@@]4(C)COC5=O)C3C2)[C@H]1O. The van der Waals surface area contributed by atoms with Crippen LogP contribution in [0.4, 0.5) is 0 Å². The quantitative estimate of drug-likeness (QED) is 0.548. The number of carbonyl (C=O) groups is 2. The molecule has 0 aromatic carbocycles. The molecule has 3 unspecified atom stereocenters. The van der Waals surface area contributed by atoms with Gasteiger partial charge in [0.1, 0.15) is 5.78 Å². The lowest BCUT2D eigenvalue weighted by Crippen LogP contribution is -2.72. The van der Waals surface area contributed by atoms with Gasteiger partial charge in [0.05, 0.1) is 23.5 Å². The Kier molecular flexibility index (Phi) is 2.72. The van der Waals surface area contributed by atoms with Crippen molar-refractivity contribution in [1.29, 1.82) is 0 Å². The maximum atomic E-state index is 13.3. The van der Waals surface area contributed by atoms with E-state index in [1.165, 1.54) is 0 Å². The lowest BCUT2D eigenvalue weighted by Gasteiger charge is -2.68. The number of carbonyl (C=O) groups excluding carboxylic acids is 2. The van der Waals surface area contributed by atoms with Gasteiger partial charge in [-0.05, 0) is 55.4 Å². The van der Waals surface area contributed by atoms with Gasteiger partial charge in [0, 0.05) is 11.8 Å². The van der Waals surface area contributed by atoms with Gasteiger partial charge in [-0.15, -0.1) is 0 Å². The van der Waals surface area contributed by atoms with Crippen molar-refractivity contribution in [2.75, 3.05) is 6.61 Å². The predicted molar refractivity (Wildman–Crippen MR) is 86.9 cm³/mol. The van der Waals surface area contributed by atoms with Crippen molar-refractivity contribution in [2.24, 2.45) is 34.0 Å². The summed E-state index contributed by atoms with van der Waals surface area (Å²) in [7, 11) is 0. The number of hydrogen-bond acceptors (Lipinski definition) is 4. The zero-order valence-corrected chi connectivity index (χ0v) is 14.3. The van der Waals surface area contributed by atoms with E-state index in [2.05, 4.69) is 13.5 Å². The highest BCUT2D eigenvalue weighted by Crippen LogP contribution is 2.72. The third-order valence-electron chi connectivity index (χ3n) is 8.66. The van der Waals surface area contributed by atoms with Crippen molar-refractivity contribution in [3.63, 3.8) is 0 Å². The van der Waals surface area contributed by atoms with Gasteiger partial charge < -0.3 is 9.84 Å². The van der Waals surface area contributed by atoms with Gasteiger partial charge in [-0.3, -0.25) is 9.59 Å². The number of aliphatic hydroxyl groups excluding tert-OH is 1. The number of hydrogen-bond donors (Lipinski definition) is 1. The molecule has 24 heavy (non-hydrogen) atoms. The minimum atomic E-state index is -0.781. The van der Waals surface area contributed by atoms with Crippen LogP contribution in [0.5, 0.6) is 0 Å². The van der Waals surface area contributed by atoms with E-state index in [-0.39, 0.29) is 34.9 Å². The van der Waals surface area contributed by atoms with Gasteiger partial charge in [-0.25, -0.2) is 0 Å². The highest BCUT2D eigenvalue weighted by molar-refractivity contribution is 5.92. The van der Waals surface area contributed by atoms with Crippen LogP contribution in [0.25, 0.3) is 0 Å². The van der Waals surface area contributed by atoms with Crippen LogP contribution in [0.15, 0.2) is 12.2 Å². The van der Waals surface area contributed by atoms with Crippen LogP contribution in [0.3, 0.4) is 0 Å². The molecule has 4 heteroatoms. The zero-order chi connectivity index (χ0) is 16.9. The second-order valence-electron chi connectivity index (χ2n) is 9.35. The molecule has 1 N–H and O–H groups in total. The van der Waals surface area contributed by atoms with Crippen molar-refractivity contribution in [2.45, 2.75) is 58.0 Å². The number of ketones is 1. The topological polar surface area (TPSA) is 63.6 Å². The fraction of sp³-hybridized carbons (Fsp3) is 0.800. The Bertz CT molecular complexity index is 669. The molecular weight excluding hydrogens is 304 g/mol. The molecule has 6 fully saturated rings. The maximum Gasteiger partial charge on any atom is 0.312 e. The lowest BCUT2D eigenvalue weighted by molar-refractivity contribution is -0.243. The Balaban J connectivity index is 1.72. The Morgan fingerprint density at radius 1 is 1.17 bits per heavy atom. The third-order valence-corrected chi connectivity index (χ3v) is 8.66. The summed E-state index contributed by atoms with van der Waals surface area (Å²) >= 11 is 0. The molecule has 4 nitrogen and oxygen atoms in total. The summed E-state index contributed by atoms with van der Waals surface area (Å²) in [4.78, 5) is 26.4. The van der Waals surface area contributed by atoms with Crippen molar-refractivity contribution in [3.05, 3.63) is 12.2 Å². The second-order valence-corrected chi connectivity index (χ2v) is 9.35. The molecule has 1 aliphatic heterocycles. The highest BCUT2D eigenvalue weighted by atomic mass is 16.5. The van der Waals surface area contributed by atoms with E-state index in [9.17, 15) is 14.7 Å². The summed E-state index contributed by atoms with van der Waals surface area (Å²) in [5.74, 6) is 0.358. The fourth-order valence-electron chi connectivity index (χ4n) is 7.47. The first kappa shape index (κ1) is 15.1. The first-order valence-corrected chi connectivity index (χ1v) is 9.43. The van der Waals surface area contributed by atoms with E-state index in [1.807, 2.05) is 0 Å². The number of aliphatic hydroxyl groups is 1. The van der Waals surface area contributed by atoms with Gasteiger partial charge in [-0.2, -0.15) is 0 Å². The van der Waals surface area contributed by atoms with E-state index in [1.54, 1.807) is 0 Å². The van der Waals surface area contributed by atoms with E-state index in [4.69, 9.17) is 4.74 Å². The molecule has 1 saturated heterocycles. The second kappa shape index (κ2) is 4.32. The summed E-state index contributed by atoms with van der Waals surface area (Å²) < 4.78 is 5.70. The van der Waals surface area contributed by atoms with Gasteiger partial charge in [0.15, 0.2) is 0 Å². The molecular formula is C20H26O4. The number of esters is 1. The number of Topliss-reactive ketones (excluding diaryl/α,β-unsaturated/α-hetero) is 1. The standard InChI is InChI=1S/C20H26O4/c1-11-12-4-7-20(16(11)22)14(8-12)19-6-3-5-18(2,10-24-17(19)23)13(19)9-15(20)21/h12-14,16,22H,1,3-10H2,2H3/t12-,13?,14?,16-,18-,19?,20+/m0/s1. The molecule has 0 aromatic heterocycles. The molecule has 5 saturated carbocycles. The average Bonchev–Trinajstić information content (AvgIpc) is 2.57. The Morgan fingerprint density at radius 3 is 2.75 bits per heavy atom. The van der Waals surface area contributed by atoms with Crippen molar-refractivity contribution >= 4 is 11.8 Å². The van der Waals surface area contributed by atoms with Crippen molar-refractivity contribution in [3.8, 4) is 0 Å². The molecule has 4 bridgehead atoms. The third kappa shape index (κ3) is 1.39. The average molecular weight is 330 g/mol. The largest absolute Gasteiger partial charge is 0.465 e. The van der Waals surface area contributed by atoms with E-state index in [0.29, 0.717) is 19.4 Å². The van der Waals surface area contributed by atoms with E-state index >= 15 is 0 Å². The molecule has 5 aliphatic carbocycles. The first-order valence-electron chi connectivity index (χ1n) is 9.43. The Labute approximate surface area is 142 Å². The predicted octanol–water partition coefficient (Wildman–Crippen LogP) is 2.64. The van der Waals surface area contributed by atoms with E-state index in [0.717, 1.165) is 37.7 Å². The molecule has 0 amide bonds. The molecule has 1 spiro atoms. The van der Waals surface area contributed by atoms with Crippen LogP contribution in [-0.2, 0) is 14.3 Å². The zero-order valence-electron chi connectivity index (χ0n) is 14.3. The van der Waals surface area contributed by atoms with E-state index < -0.39 is 16.9 Å². The monoisotopic (exact) mass is 330 g/mol. The Morgan fingerprint density at radius 2 is 1.96 bits per heavy atom. The minimum absolute atomic E-state index is 0.0667. The van der Waals surface area contributed by atoms with Crippen LogP contribution in [0.1, 0.15) is 51.9 Å². The molecule has 130 valence electrons. The summed E-state index contributed by atoms with van der Waals surface area (Å²) in [5, 5.41) is 11.0. The smallest absolute Gasteiger partial charge is 0.312 e. The molecule has 0 radical (unpaired) electrons. The normalized spacial score (nSPS) is 55.7. The van der Waals surface area contributed by atoms with Crippen molar-refractivity contribution < 1.29 is 19.4 Å². The van der Waals surface area contributed by atoms with Gasteiger partial charge in [-0.1, -0.05) is 19.9 Å². The van der Waals surface area contributed by atoms with Gasteiger partial charge >= 0.3 is 5.97 Å². The van der Waals surface area contributed by atoms with Crippen LogP contribution >= 0.6 is 0 Å². The van der Waals surface area contributed by atoms with Gasteiger partial charge in [0.25, 0.3) is 0 Å². The molecule has 0 aromatic rings. The molecule has 6 rings (SSSR count). The van der Waals surface area contributed by atoms with Crippen LogP contribution in [0.2, 0.25) is 0 Å². The summed E-state index contributed by atoms with van der Waals surface area (Å²) in [5.41, 5.74) is -0.595. The fourth-order valence-corrected chi connectivity index (χ4v) is 7.47. The highest BCUT2D eigenvalue weighted by Gasteiger charge is 2.75. The first-order chi connectivity index (χ1) is 11.4. The minimum Gasteiger partial charge on any atom is -0.465 e. The maximum absolute atomic E-state index is 13.3. The molecule has 6 aliphatic rings. The number of rotatable bonds is 0.